The summed E-state index contributed by atoms with van der Waals surface area (Å²) < 4.78 is 1.05. The highest BCUT2D eigenvalue weighted by Crippen LogP contribution is 2.24. The van der Waals surface area contributed by atoms with Gasteiger partial charge in [0.2, 0.25) is 5.28 Å². The zero-order chi connectivity index (χ0) is 12.4. The molecule has 0 aliphatic heterocycles. The summed E-state index contributed by atoms with van der Waals surface area (Å²) in [5, 5.41) is 3.50. The Morgan fingerprint density at radius 3 is 2.71 bits per heavy atom. The molecule has 1 aromatic carbocycles. The summed E-state index contributed by atoms with van der Waals surface area (Å²) in [5.41, 5.74) is 3.09. The Labute approximate surface area is 113 Å². The number of aryl methyl sites for hydroxylation is 2. The smallest absolute Gasteiger partial charge is 0.224 e. The number of hydrogen-bond donors (Lipinski definition) is 1. The maximum atomic E-state index is 5.78. The third-order valence-corrected chi connectivity index (χ3v) is 3.06. The second-order valence-electron chi connectivity index (χ2n) is 3.75. The van der Waals surface area contributed by atoms with E-state index in [1.807, 2.05) is 32.0 Å². The van der Waals surface area contributed by atoms with Gasteiger partial charge < -0.3 is 5.32 Å². The van der Waals surface area contributed by atoms with E-state index >= 15 is 0 Å². The number of benzene rings is 1. The summed E-state index contributed by atoms with van der Waals surface area (Å²) in [6, 6.07) is 6.02. The van der Waals surface area contributed by atoms with Crippen LogP contribution in [0.3, 0.4) is 0 Å². The first-order valence-corrected chi connectivity index (χ1v) is 6.25. The average molecular weight is 313 g/mol. The van der Waals surface area contributed by atoms with Gasteiger partial charge in [-0.3, -0.25) is 0 Å². The molecule has 0 amide bonds. The van der Waals surface area contributed by atoms with Crippen LogP contribution in [0.5, 0.6) is 0 Å². The van der Waals surface area contributed by atoms with Gasteiger partial charge in [-0.1, -0.05) is 15.9 Å². The predicted molar refractivity (Wildman–Crippen MR) is 73.9 cm³/mol. The third-order valence-electron chi connectivity index (χ3n) is 2.38. The minimum Gasteiger partial charge on any atom is -0.340 e. The molecule has 0 bridgehead atoms. The summed E-state index contributed by atoms with van der Waals surface area (Å²) in [4.78, 5) is 8.09. The molecule has 0 radical (unpaired) electrons. The highest BCUT2D eigenvalue weighted by atomic mass is 79.9. The lowest BCUT2D eigenvalue weighted by Crippen LogP contribution is -1.99. The fourth-order valence-electron chi connectivity index (χ4n) is 1.44. The molecule has 1 aromatic heterocycles. The average Bonchev–Trinajstić information content (AvgIpc) is 2.27. The van der Waals surface area contributed by atoms with Gasteiger partial charge in [-0.15, -0.1) is 0 Å². The zero-order valence-electron chi connectivity index (χ0n) is 9.46. The lowest BCUT2D eigenvalue weighted by atomic mass is 10.2. The van der Waals surface area contributed by atoms with E-state index < -0.39 is 0 Å². The molecule has 0 spiro atoms. The van der Waals surface area contributed by atoms with Gasteiger partial charge >= 0.3 is 0 Å². The molecule has 0 unspecified atom stereocenters. The van der Waals surface area contributed by atoms with Crippen molar-refractivity contribution < 1.29 is 0 Å². The van der Waals surface area contributed by atoms with Crippen LogP contribution in [0.25, 0.3) is 0 Å². The molecule has 5 heteroatoms. The highest BCUT2D eigenvalue weighted by molar-refractivity contribution is 9.10. The number of nitrogens with zero attached hydrogens (tertiary/aromatic N) is 2. The summed E-state index contributed by atoms with van der Waals surface area (Å²) in [5.74, 6) is 0.732. The second-order valence-corrected chi connectivity index (χ2v) is 5.01. The van der Waals surface area contributed by atoms with Gasteiger partial charge in [0.05, 0.1) is 0 Å². The fourth-order valence-corrected chi connectivity index (χ4v) is 2.05. The molecule has 1 N–H and O–H groups in total. The van der Waals surface area contributed by atoms with Crippen molar-refractivity contribution in [3.8, 4) is 0 Å². The molecule has 0 aliphatic rings. The molecule has 1 heterocycles. The largest absolute Gasteiger partial charge is 0.340 e. The molecule has 0 atom stereocenters. The maximum Gasteiger partial charge on any atom is 0.224 e. The van der Waals surface area contributed by atoms with E-state index in [1.54, 1.807) is 6.20 Å². The molecule has 3 nitrogen and oxygen atoms in total. The maximum absolute atomic E-state index is 5.78. The third kappa shape index (κ3) is 2.96. The number of anilines is 2. The van der Waals surface area contributed by atoms with Crippen LogP contribution < -0.4 is 5.32 Å². The SMILES string of the molecule is Cc1cc(Br)ccc1Nc1nc(Cl)ncc1C. The second kappa shape index (κ2) is 5.02. The van der Waals surface area contributed by atoms with Crippen molar-refractivity contribution in [3.05, 3.63) is 45.3 Å². The Morgan fingerprint density at radius 1 is 1.24 bits per heavy atom. The van der Waals surface area contributed by atoms with Crippen LogP contribution in [0.15, 0.2) is 28.9 Å². The summed E-state index contributed by atoms with van der Waals surface area (Å²) in [6.45, 7) is 3.97. The van der Waals surface area contributed by atoms with Crippen LogP contribution >= 0.6 is 27.5 Å². The number of halogens is 2. The van der Waals surface area contributed by atoms with Gasteiger partial charge in [-0.05, 0) is 49.2 Å². The molecule has 0 saturated heterocycles. The quantitative estimate of drug-likeness (QED) is 0.842. The molecule has 0 saturated carbocycles. The van der Waals surface area contributed by atoms with Crippen LogP contribution in [-0.4, -0.2) is 9.97 Å². The molecular weight excluding hydrogens is 302 g/mol. The summed E-state index contributed by atoms with van der Waals surface area (Å²) >= 11 is 9.21. The van der Waals surface area contributed by atoms with Gasteiger partial charge in [-0.2, -0.15) is 0 Å². The van der Waals surface area contributed by atoms with Crippen molar-refractivity contribution in [2.75, 3.05) is 5.32 Å². The minimum absolute atomic E-state index is 0.243. The lowest BCUT2D eigenvalue weighted by Gasteiger charge is -2.11. The first-order valence-electron chi connectivity index (χ1n) is 5.08. The molecule has 0 fully saturated rings. The van der Waals surface area contributed by atoms with Crippen LogP contribution in [0, 0.1) is 13.8 Å². The fraction of sp³-hybridized carbons (Fsp3) is 0.167. The van der Waals surface area contributed by atoms with E-state index in [1.165, 1.54) is 0 Å². The molecule has 17 heavy (non-hydrogen) atoms. The van der Waals surface area contributed by atoms with Gasteiger partial charge in [0, 0.05) is 21.9 Å². The Kier molecular flexibility index (Phi) is 3.64. The Hall–Kier alpha value is -1.13. The number of nitrogens with one attached hydrogen (secondary N) is 1. The van der Waals surface area contributed by atoms with Gasteiger partial charge in [0.15, 0.2) is 0 Å². The monoisotopic (exact) mass is 311 g/mol. The van der Waals surface area contributed by atoms with Crippen LogP contribution in [0.2, 0.25) is 5.28 Å². The van der Waals surface area contributed by atoms with Crippen LogP contribution in [-0.2, 0) is 0 Å². The Balaban J connectivity index is 2.34. The van der Waals surface area contributed by atoms with Gasteiger partial charge in [0.1, 0.15) is 5.82 Å². The van der Waals surface area contributed by atoms with Crippen molar-refractivity contribution in [2.24, 2.45) is 0 Å². The number of rotatable bonds is 2. The van der Waals surface area contributed by atoms with Crippen LogP contribution in [0.4, 0.5) is 11.5 Å². The minimum atomic E-state index is 0.243. The Morgan fingerprint density at radius 2 is 2.00 bits per heavy atom. The van der Waals surface area contributed by atoms with Crippen molar-refractivity contribution in [1.82, 2.24) is 9.97 Å². The zero-order valence-corrected chi connectivity index (χ0v) is 11.8. The normalized spacial score (nSPS) is 10.4. The molecular formula is C12H11BrClN3. The topological polar surface area (TPSA) is 37.8 Å². The van der Waals surface area contributed by atoms with Crippen LogP contribution in [0.1, 0.15) is 11.1 Å². The molecule has 88 valence electrons. The highest BCUT2D eigenvalue weighted by Gasteiger charge is 2.05. The van der Waals surface area contributed by atoms with E-state index in [0.29, 0.717) is 0 Å². The van der Waals surface area contributed by atoms with Crippen molar-refractivity contribution >= 4 is 39.0 Å². The van der Waals surface area contributed by atoms with E-state index in [0.717, 1.165) is 27.1 Å². The van der Waals surface area contributed by atoms with Crippen molar-refractivity contribution in [1.29, 1.82) is 0 Å². The van der Waals surface area contributed by atoms with E-state index in [-0.39, 0.29) is 5.28 Å². The Bertz CT molecular complexity index is 557. The molecule has 2 rings (SSSR count). The summed E-state index contributed by atoms with van der Waals surface area (Å²) in [7, 11) is 0. The van der Waals surface area contributed by atoms with E-state index in [2.05, 4.69) is 31.2 Å². The lowest BCUT2D eigenvalue weighted by molar-refractivity contribution is 1.13. The summed E-state index contributed by atoms with van der Waals surface area (Å²) in [6.07, 6.45) is 1.70. The van der Waals surface area contributed by atoms with Gasteiger partial charge in [-0.25, -0.2) is 9.97 Å². The standard InChI is InChI=1S/C12H11BrClN3/c1-7-5-9(13)3-4-10(7)16-11-8(2)6-15-12(14)17-11/h3-6H,1-2H3,(H,15,16,17). The first kappa shape index (κ1) is 12.3. The van der Waals surface area contributed by atoms with Gasteiger partial charge in [0.25, 0.3) is 0 Å². The number of hydrogen-bond acceptors (Lipinski definition) is 3. The first-order chi connectivity index (χ1) is 8.06. The predicted octanol–water partition coefficient (Wildman–Crippen LogP) is 4.25. The molecule has 2 aromatic rings. The van der Waals surface area contributed by atoms with Crippen molar-refractivity contribution in [3.63, 3.8) is 0 Å². The number of aromatic nitrogens is 2. The molecule has 0 aliphatic carbocycles. The van der Waals surface area contributed by atoms with E-state index in [4.69, 9.17) is 11.6 Å². The van der Waals surface area contributed by atoms with E-state index in [9.17, 15) is 0 Å². The van der Waals surface area contributed by atoms with Crippen molar-refractivity contribution in [2.45, 2.75) is 13.8 Å².